The third-order valence-corrected chi connectivity index (χ3v) is 8.72. The Morgan fingerprint density at radius 3 is 1.82 bits per heavy atom. The molecule has 3 heterocycles. The van der Waals surface area contributed by atoms with Crippen LogP contribution in [0.4, 0.5) is 0 Å². The van der Waals surface area contributed by atoms with Gasteiger partial charge in [-0.25, -0.2) is 4.52 Å². The van der Waals surface area contributed by atoms with Crippen LogP contribution in [0.3, 0.4) is 0 Å². The number of hydrogen-bond donors (Lipinski definition) is 0. The van der Waals surface area contributed by atoms with Gasteiger partial charge in [-0.3, -0.25) is 0 Å². The van der Waals surface area contributed by atoms with Crippen molar-refractivity contribution < 1.29 is 0 Å². The fraction of sp³-hybridized carbons (Fsp3) is 0. The number of rotatable bonds is 4. The van der Waals surface area contributed by atoms with Gasteiger partial charge in [0.15, 0.2) is 0 Å². The second kappa shape index (κ2) is 9.82. The number of para-hydroxylation sites is 2. The van der Waals surface area contributed by atoms with Gasteiger partial charge in [0.05, 0.1) is 22.2 Å². The van der Waals surface area contributed by atoms with Crippen molar-refractivity contribution in [3.05, 3.63) is 164 Å². The number of nitrogens with zero attached hydrogens (tertiary/aromatic N) is 3. The molecule has 0 bridgehead atoms. The molecule has 0 saturated carbocycles. The topological polar surface area (TPSA) is 22.2 Å². The van der Waals surface area contributed by atoms with Crippen LogP contribution in [0.15, 0.2) is 164 Å². The first kappa shape index (κ1) is 24.6. The predicted molar refractivity (Wildman–Crippen MR) is 183 cm³/mol. The Morgan fingerprint density at radius 1 is 0.432 bits per heavy atom. The minimum atomic E-state index is 0.969. The molecule has 0 spiro atoms. The largest absolute Gasteiger partial charge is 0.309 e. The maximum absolute atomic E-state index is 5.46. The van der Waals surface area contributed by atoms with Gasteiger partial charge in [-0.2, -0.15) is 5.10 Å². The average Bonchev–Trinajstić information content (AvgIpc) is 3.66. The Balaban J connectivity index is 1.42. The molecule has 6 aromatic carbocycles. The Labute approximate surface area is 254 Å². The van der Waals surface area contributed by atoms with Crippen LogP contribution < -0.4 is 0 Å². The molecule has 0 fully saturated rings. The van der Waals surface area contributed by atoms with Crippen LogP contribution in [0.2, 0.25) is 0 Å². The highest BCUT2D eigenvalue weighted by Gasteiger charge is 2.22. The number of hydrogen-bond acceptors (Lipinski definition) is 1. The smallest absolute Gasteiger partial charge is 0.101 e. The van der Waals surface area contributed by atoms with E-state index >= 15 is 0 Å². The van der Waals surface area contributed by atoms with Crippen LogP contribution in [0, 0.1) is 0 Å². The summed E-state index contributed by atoms with van der Waals surface area (Å²) in [6.45, 7) is 0. The summed E-state index contributed by atoms with van der Waals surface area (Å²) in [5.41, 5.74) is 11.2. The van der Waals surface area contributed by atoms with Gasteiger partial charge in [-0.15, -0.1) is 0 Å². The van der Waals surface area contributed by atoms with E-state index < -0.39 is 0 Å². The van der Waals surface area contributed by atoms with Crippen molar-refractivity contribution >= 4 is 38.1 Å². The lowest BCUT2D eigenvalue weighted by Crippen LogP contribution is -1.95. The molecule has 0 atom stereocenters. The quantitative estimate of drug-likeness (QED) is 0.209. The van der Waals surface area contributed by atoms with Gasteiger partial charge in [0, 0.05) is 38.5 Å². The average molecular weight is 562 g/mol. The number of fused-ring (bicyclic) bond motifs is 6. The molecule has 0 aliphatic carbocycles. The van der Waals surface area contributed by atoms with E-state index in [0.29, 0.717) is 0 Å². The molecule has 0 aliphatic rings. The molecular formula is C41H27N3. The van der Waals surface area contributed by atoms with Crippen LogP contribution in [0.5, 0.6) is 0 Å². The fourth-order valence-corrected chi connectivity index (χ4v) is 6.76. The molecule has 44 heavy (non-hydrogen) atoms. The molecule has 0 saturated heterocycles. The van der Waals surface area contributed by atoms with Crippen molar-refractivity contribution in [3.63, 3.8) is 0 Å². The molecule has 0 radical (unpaired) electrons. The van der Waals surface area contributed by atoms with E-state index in [1.807, 2.05) is 0 Å². The van der Waals surface area contributed by atoms with Crippen molar-refractivity contribution in [2.45, 2.75) is 0 Å². The molecule has 206 valence electrons. The minimum absolute atomic E-state index is 0.969. The third kappa shape index (κ3) is 3.73. The van der Waals surface area contributed by atoms with Crippen molar-refractivity contribution in [3.8, 4) is 39.3 Å². The minimum Gasteiger partial charge on any atom is -0.309 e. The molecule has 3 heteroatoms. The van der Waals surface area contributed by atoms with E-state index in [1.54, 1.807) is 0 Å². The van der Waals surface area contributed by atoms with Gasteiger partial charge in [0.25, 0.3) is 0 Å². The molecule has 0 aliphatic heterocycles. The summed E-state index contributed by atoms with van der Waals surface area (Å²) >= 11 is 0. The monoisotopic (exact) mass is 561 g/mol. The van der Waals surface area contributed by atoms with Crippen LogP contribution in [0.25, 0.3) is 77.4 Å². The third-order valence-electron chi connectivity index (χ3n) is 8.72. The Bertz CT molecular complexity index is 2470. The number of pyridine rings is 1. The number of aromatic nitrogens is 3. The van der Waals surface area contributed by atoms with Gasteiger partial charge < -0.3 is 4.57 Å². The zero-order valence-corrected chi connectivity index (χ0v) is 23.9. The van der Waals surface area contributed by atoms with Gasteiger partial charge in [0.2, 0.25) is 0 Å². The van der Waals surface area contributed by atoms with Crippen LogP contribution in [-0.2, 0) is 0 Å². The summed E-state index contributed by atoms with van der Waals surface area (Å²) in [6.07, 6.45) is 0. The molecule has 0 amide bonds. The van der Waals surface area contributed by atoms with E-state index in [9.17, 15) is 0 Å². The highest BCUT2D eigenvalue weighted by atomic mass is 15.2. The van der Waals surface area contributed by atoms with Gasteiger partial charge in [0.1, 0.15) is 5.69 Å². The molecule has 3 nitrogen and oxygen atoms in total. The summed E-state index contributed by atoms with van der Waals surface area (Å²) in [7, 11) is 0. The van der Waals surface area contributed by atoms with Crippen molar-refractivity contribution in [1.82, 2.24) is 14.2 Å². The second-order valence-electron chi connectivity index (χ2n) is 11.3. The lowest BCUT2D eigenvalue weighted by atomic mass is 9.96. The Hall–Kier alpha value is -5.93. The van der Waals surface area contributed by atoms with E-state index in [4.69, 9.17) is 5.10 Å². The highest BCUT2D eigenvalue weighted by molar-refractivity contribution is 6.12. The molecule has 9 aromatic rings. The summed E-state index contributed by atoms with van der Waals surface area (Å²) in [5.74, 6) is 0. The lowest BCUT2D eigenvalue weighted by molar-refractivity contribution is 0.979. The Kier molecular flexibility index (Phi) is 5.50. The predicted octanol–water partition coefficient (Wildman–Crippen LogP) is 10.6. The maximum Gasteiger partial charge on any atom is 0.101 e. The highest BCUT2D eigenvalue weighted by Crippen LogP contribution is 2.42. The maximum atomic E-state index is 5.46. The molecular weight excluding hydrogens is 534 g/mol. The van der Waals surface area contributed by atoms with E-state index in [0.717, 1.165) is 44.8 Å². The summed E-state index contributed by atoms with van der Waals surface area (Å²) in [6, 6.07) is 58.3. The Morgan fingerprint density at radius 2 is 1.05 bits per heavy atom. The molecule has 0 N–H and O–H groups in total. The van der Waals surface area contributed by atoms with Gasteiger partial charge >= 0.3 is 0 Å². The lowest BCUT2D eigenvalue weighted by Gasteiger charge is -2.10. The van der Waals surface area contributed by atoms with E-state index in [-0.39, 0.29) is 0 Å². The molecule has 3 aromatic heterocycles. The summed E-state index contributed by atoms with van der Waals surface area (Å²) < 4.78 is 4.53. The second-order valence-corrected chi connectivity index (χ2v) is 11.3. The van der Waals surface area contributed by atoms with Crippen molar-refractivity contribution in [1.29, 1.82) is 0 Å². The van der Waals surface area contributed by atoms with E-state index in [2.05, 4.69) is 173 Å². The van der Waals surface area contributed by atoms with Crippen LogP contribution >= 0.6 is 0 Å². The summed E-state index contributed by atoms with van der Waals surface area (Å²) in [4.78, 5) is 0. The summed E-state index contributed by atoms with van der Waals surface area (Å²) in [5, 5.41) is 10.3. The van der Waals surface area contributed by atoms with Gasteiger partial charge in [-0.1, -0.05) is 133 Å². The van der Waals surface area contributed by atoms with E-state index in [1.165, 1.54) is 32.6 Å². The van der Waals surface area contributed by atoms with Crippen molar-refractivity contribution in [2.75, 3.05) is 0 Å². The standard InChI is InChI=1S/C41H27N3/c1-4-14-28(15-5-1)37-26-30-18-10-11-21-33(30)41-39(29-16-6-2-7-17-29)40(42-44(37)41)31-24-25-35-34-22-12-13-23-36(34)43(38(35)27-31)32-19-8-3-9-20-32/h1-27H. The zero-order valence-electron chi connectivity index (χ0n) is 23.9. The first-order valence-corrected chi connectivity index (χ1v) is 15.0. The molecule has 9 rings (SSSR count). The SMILES string of the molecule is c1ccc(-c2c(-c3ccc4c5ccccc5n(-c5ccccc5)c4c3)nn3c(-c4ccccc4)cc4ccccc4c23)cc1. The van der Waals surface area contributed by atoms with Crippen LogP contribution in [-0.4, -0.2) is 14.2 Å². The zero-order chi connectivity index (χ0) is 29.0. The first-order valence-electron chi connectivity index (χ1n) is 15.0. The molecule has 0 unspecified atom stereocenters. The van der Waals surface area contributed by atoms with Gasteiger partial charge in [-0.05, 0) is 41.3 Å². The first-order chi connectivity index (χ1) is 21.8. The van der Waals surface area contributed by atoms with Crippen LogP contribution in [0.1, 0.15) is 0 Å². The van der Waals surface area contributed by atoms with Crippen molar-refractivity contribution in [2.24, 2.45) is 0 Å². The number of benzene rings is 6. The normalized spacial score (nSPS) is 11.6. The fourth-order valence-electron chi connectivity index (χ4n) is 6.76.